The summed E-state index contributed by atoms with van der Waals surface area (Å²) in [6, 6.07) is 16.2. The molecule has 0 fully saturated rings. The minimum absolute atomic E-state index is 0.0511. The molecule has 0 atom stereocenters. The predicted molar refractivity (Wildman–Crippen MR) is 72.9 cm³/mol. The lowest BCUT2D eigenvalue weighted by Gasteiger charge is -2.26. The Morgan fingerprint density at radius 2 is 1.50 bits per heavy atom. The molecule has 1 aliphatic heterocycles. The van der Waals surface area contributed by atoms with Gasteiger partial charge < -0.3 is 5.32 Å². The summed E-state index contributed by atoms with van der Waals surface area (Å²) >= 11 is 1.73. The summed E-state index contributed by atoms with van der Waals surface area (Å²) in [6.07, 6.45) is 0. The zero-order valence-electron chi connectivity index (χ0n) is 10.0. The summed E-state index contributed by atoms with van der Waals surface area (Å²) in [7, 11) is 1.69. The van der Waals surface area contributed by atoms with Crippen LogP contribution in [0.15, 0.2) is 58.3 Å². The van der Waals surface area contributed by atoms with Crippen LogP contribution in [0.2, 0.25) is 0 Å². The molecule has 1 amide bonds. The number of amides is 1. The van der Waals surface area contributed by atoms with Gasteiger partial charge in [0.05, 0.1) is 5.92 Å². The van der Waals surface area contributed by atoms with Crippen molar-refractivity contribution in [3.05, 3.63) is 59.7 Å². The Bertz CT molecular complexity index is 563. The molecule has 0 saturated carbocycles. The van der Waals surface area contributed by atoms with Gasteiger partial charge in [-0.15, -0.1) is 0 Å². The maximum atomic E-state index is 12.2. The topological polar surface area (TPSA) is 29.1 Å². The van der Waals surface area contributed by atoms with Crippen molar-refractivity contribution in [3.8, 4) is 0 Å². The molecule has 0 unspecified atom stereocenters. The Balaban J connectivity index is 2.20. The van der Waals surface area contributed by atoms with Crippen LogP contribution in [-0.2, 0) is 4.79 Å². The van der Waals surface area contributed by atoms with Gasteiger partial charge in [0.25, 0.3) is 0 Å². The van der Waals surface area contributed by atoms with E-state index in [9.17, 15) is 4.79 Å². The number of carbonyl (C=O) groups excluding carboxylic acids is 1. The molecule has 0 spiro atoms. The van der Waals surface area contributed by atoms with Gasteiger partial charge >= 0.3 is 0 Å². The van der Waals surface area contributed by atoms with E-state index in [0.717, 1.165) is 11.1 Å². The lowest BCUT2D eigenvalue weighted by Crippen LogP contribution is -2.28. The van der Waals surface area contributed by atoms with Crippen molar-refractivity contribution in [2.45, 2.75) is 15.7 Å². The van der Waals surface area contributed by atoms with E-state index in [1.54, 1.807) is 18.8 Å². The SMILES string of the molecule is CNC(=O)C1c2ccccc2Sc2ccccc21. The van der Waals surface area contributed by atoms with Crippen LogP contribution in [0.1, 0.15) is 17.0 Å². The van der Waals surface area contributed by atoms with E-state index in [1.807, 2.05) is 36.4 Å². The van der Waals surface area contributed by atoms with E-state index in [-0.39, 0.29) is 11.8 Å². The van der Waals surface area contributed by atoms with E-state index in [0.29, 0.717) is 0 Å². The Hall–Kier alpha value is -1.74. The van der Waals surface area contributed by atoms with Gasteiger partial charge in [-0.1, -0.05) is 48.2 Å². The molecule has 1 heterocycles. The summed E-state index contributed by atoms with van der Waals surface area (Å²) in [5.74, 6) is -0.140. The van der Waals surface area contributed by atoms with Gasteiger partial charge in [-0.2, -0.15) is 0 Å². The van der Waals surface area contributed by atoms with E-state index >= 15 is 0 Å². The quantitative estimate of drug-likeness (QED) is 0.848. The minimum atomic E-state index is -0.191. The molecular weight excluding hydrogens is 242 g/mol. The Labute approximate surface area is 110 Å². The molecule has 0 bridgehead atoms. The van der Waals surface area contributed by atoms with Crippen LogP contribution in [0.25, 0.3) is 0 Å². The molecule has 0 radical (unpaired) electrons. The summed E-state index contributed by atoms with van der Waals surface area (Å²) in [5, 5.41) is 2.77. The van der Waals surface area contributed by atoms with Crippen LogP contribution in [0.3, 0.4) is 0 Å². The molecular formula is C15H13NOS. The number of carbonyl (C=O) groups is 1. The molecule has 3 heteroatoms. The first-order chi connectivity index (χ1) is 8.81. The van der Waals surface area contributed by atoms with Gasteiger partial charge in [0.2, 0.25) is 5.91 Å². The van der Waals surface area contributed by atoms with Crippen molar-refractivity contribution in [2.75, 3.05) is 7.05 Å². The fourth-order valence-electron chi connectivity index (χ4n) is 2.34. The fourth-order valence-corrected chi connectivity index (χ4v) is 3.47. The van der Waals surface area contributed by atoms with E-state index < -0.39 is 0 Å². The number of hydrogen-bond donors (Lipinski definition) is 1. The maximum absolute atomic E-state index is 12.2. The van der Waals surface area contributed by atoms with Gasteiger partial charge in [-0.05, 0) is 23.3 Å². The molecule has 2 aromatic carbocycles. The third-order valence-corrected chi connectivity index (χ3v) is 4.37. The highest BCUT2D eigenvalue weighted by atomic mass is 32.2. The largest absolute Gasteiger partial charge is 0.358 e. The maximum Gasteiger partial charge on any atom is 0.231 e. The van der Waals surface area contributed by atoms with Gasteiger partial charge in [-0.3, -0.25) is 4.79 Å². The molecule has 1 aliphatic rings. The Kier molecular flexibility index (Phi) is 2.84. The monoisotopic (exact) mass is 255 g/mol. The second kappa shape index (κ2) is 4.50. The van der Waals surface area contributed by atoms with Crippen LogP contribution < -0.4 is 5.32 Å². The molecule has 1 N–H and O–H groups in total. The van der Waals surface area contributed by atoms with E-state index in [4.69, 9.17) is 0 Å². The zero-order chi connectivity index (χ0) is 12.5. The van der Waals surface area contributed by atoms with Crippen LogP contribution in [0.5, 0.6) is 0 Å². The predicted octanol–water partition coefficient (Wildman–Crippen LogP) is 3.03. The smallest absolute Gasteiger partial charge is 0.231 e. The van der Waals surface area contributed by atoms with Crippen molar-refractivity contribution < 1.29 is 4.79 Å². The van der Waals surface area contributed by atoms with Crippen molar-refractivity contribution in [1.29, 1.82) is 0 Å². The second-order valence-corrected chi connectivity index (χ2v) is 5.31. The lowest BCUT2D eigenvalue weighted by molar-refractivity contribution is -0.121. The number of fused-ring (bicyclic) bond motifs is 2. The van der Waals surface area contributed by atoms with Crippen molar-refractivity contribution >= 4 is 17.7 Å². The van der Waals surface area contributed by atoms with Crippen molar-refractivity contribution in [2.24, 2.45) is 0 Å². The molecule has 3 rings (SSSR count). The van der Waals surface area contributed by atoms with Crippen LogP contribution in [0, 0.1) is 0 Å². The summed E-state index contributed by atoms with van der Waals surface area (Å²) in [5.41, 5.74) is 2.20. The minimum Gasteiger partial charge on any atom is -0.358 e. The highest BCUT2D eigenvalue weighted by Gasteiger charge is 2.30. The average Bonchev–Trinajstić information content (AvgIpc) is 2.44. The molecule has 0 aromatic heterocycles. The van der Waals surface area contributed by atoms with Crippen molar-refractivity contribution in [3.63, 3.8) is 0 Å². The first-order valence-electron chi connectivity index (χ1n) is 5.88. The number of benzene rings is 2. The third-order valence-electron chi connectivity index (χ3n) is 3.19. The summed E-state index contributed by atoms with van der Waals surface area (Å²) in [4.78, 5) is 14.5. The normalized spacial score (nSPS) is 13.6. The van der Waals surface area contributed by atoms with E-state index in [2.05, 4.69) is 17.4 Å². The van der Waals surface area contributed by atoms with Crippen LogP contribution >= 0.6 is 11.8 Å². The van der Waals surface area contributed by atoms with Gasteiger partial charge in [0.15, 0.2) is 0 Å². The lowest BCUT2D eigenvalue weighted by atomic mass is 9.90. The standard InChI is InChI=1S/C15H13NOS/c1-16-15(17)14-10-6-2-4-8-12(10)18-13-9-5-3-7-11(13)14/h2-9,14H,1H3,(H,16,17). The first kappa shape index (κ1) is 11.4. The molecule has 90 valence electrons. The first-order valence-corrected chi connectivity index (χ1v) is 6.70. The van der Waals surface area contributed by atoms with Crippen LogP contribution in [0.4, 0.5) is 0 Å². The average molecular weight is 255 g/mol. The third kappa shape index (κ3) is 1.71. The second-order valence-electron chi connectivity index (χ2n) is 4.22. The fraction of sp³-hybridized carbons (Fsp3) is 0.133. The van der Waals surface area contributed by atoms with Crippen molar-refractivity contribution in [1.82, 2.24) is 5.32 Å². The molecule has 0 saturated heterocycles. The molecule has 0 aliphatic carbocycles. The van der Waals surface area contributed by atoms with Crippen LogP contribution in [-0.4, -0.2) is 13.0 Å². The molecule has 2 nitrogen and oxygen atoms in total. The number of likely N-dealkylation sites (N-methyl/N-ethyl adjacent to an activating group) is 1. The number of hydrogen-bond acceptors (Lipinski definition) is 2. The zero-order valence-corrected chi connectivity index (χ0v) is 10.8. The van der Waals surface area contributed by atoms with Gasteiger partial charge in [0.1, 0.15) is 0 Å². The van der Waals surface area contributed by atoms with Gasteiger partial charge in [0, 0.05) is 16.8 Å². The summed E-state index contributed by atoms with van der Waals surface area (Å²) < 4.78 is 0. The Morgan fingerprint density at radius 3 is 2.00 bits per heavy atom. The molecule has 2 aromatic rings. The number of rotatable bonds is 1. The Morgan fingerprint density at radius 1 is 1.00 bits per heavy atom. The van der Waals surface area contributed by atoms with Gasteiger partial charge in [-0.25, -0.2) is 0 Å². The highest BCUT2D eigenvalue weighted by Crippen LogP contribution is 2.45. The number of nitrogens with one attached hydrogen (secondary N) is 1. The summed E-state index contributed by atoms with van der Waals surface area (Å²) in [6.45, 7) is 0. The molecule has 18 heavy (non-hydrogen) atoms. The van der Waals surface area contributed by atoms with E-state index in [1.165, 1.54) is 9.79 Å². The highest BCUT2D eigenvalue weighted by molar-refractivity contribution is 7.99.